The van der Waals surface area contributed by atoms with Crippen LogP contribution in [0.25, 0.3) is 11.1 Å². The lowest BCUT2D eigenvalue weighted by Crippen LogP contribution is -2.23. The van der Waals surface area contributed by atoms with Crippen molar-refractivity contribution < 1.29 is 8.42 Å². The summed E-state index contributed by atoms with van der Waals surface area (Å²) in [6, 6.07) is 18.6. The first-order chi connectivity index (χ1) is 9.53. The Kier molecular flexibility index (Phi) is 4.06. The lowest BCUT2D eigenvalue weighted by atomic mass is 10.1. The number of anilines is 1. The first-order valence-electron chi connectivity index (χ1n) is 6.09. The van der Waals surface area contributed by atoms with E-state index in [-0.39, 0.29) is 0 Å². The van der Waals surface area contributed by atoms with Gasteiger partial charge in [-0.1, -0.05) is 42.5 Å². The highest BCUT2D eigenvalue weighted by molar-refractivity contribution is 7.93. The second-order valence-electron chi connectivity index (χ2n) is 4.36. The van der Waals surface area contributed by atoms with Crippen molar-refractivity contribution in [3.05, 3.63) is 54.6 Å². The minimum atomic E-state index is -3.65. The molecule has 0 aliphatic rings. The Morgan fingerprint density at radius 2 is 1.55 bits per heavy atom. The third-order valence-corrected chi connectivity index (χ3v) is 4.46. The minimum Gasteiger partial charge on any atom is -0.282 e. The lowest BCUT2D eigenvalue weighted by Gasteiger charge is -2.10. The van der Waals surface area contributed by atoms with Crippen LogP contribution in [-0.4, -0.2) is 13.7 Å². The van der Waals surface area contributed by atoms with Crippen molar-refractivity contribution >= 4 is 15.7 Å². The Balaban J connectivity index is 2.20. The van der Waals surface area contributed by atoms with Crippen LogP contribution < -0.4 is 4.72 Å². The maximum atomic E-state index is 11.8. The van der Waals surface area contributed by atoms with E-state index in [1.54, 1.807) is 18.2 Å². The summed E-state index contributed by atoms with van der Waals surface area (Å²) >= 11 is 0. The molecule has 2 rings (SSSR count). The second kappa shape index (κ2) is 5.76. The zero-order chi connectivity index (χ0) is 14.6. The van der Waals surface area contributed by atoms with Gasteiger partial charge >= 0.3 is 0 Å². The summed E-state index contributed by atoms with van der Waals surface area (Å²) in [4.78, 5) is 0. The van der Waals surface area contributed by atoms with Gasteiger partial charge in [0.2, 0.25) is 10.0 Å². The number of hydrogen-bond donors (Lipinski definition) is 1. The zero-order valence-electron chi connectivity index (χ0n) is 10.9. The summed E-state index contributed by atoms with van der Waals surface area (Å²) in [6.45, 7) is 1.35. The number of sulfonamides is 1. The monoisotopic (exact) mass is 286 g/mol. The molecule has 0 heterocycles. The van der Waals surface area contributed by atoms with Gasteiger partial charge in [0.1, 0.15) is 0 Å². The molecule has 1 atom stereocenters. The molecule has 1 unspecified atom stereocenters. The van der Waals surface area contributed by atoms with Crippen LogP contribution >= 0.6 is 0 Å². The number of nitriles is 1. The van der Waals surface area contributed by atoms with E-state index in [4.69, 9.17) is 5.26 Å². The first-order valence-corrected chi connectivity index (χ1v) is 7.64. The summed E-state index contributed by atoms with van der Waals surface area (Å²) in [5.41, 5.74) is 2.51. The van der Waals surface area contributed by atoms with E-state index in [9.17, 15) is 8.42 Å². The number of nitrogens with zero attached hydrogens (tertiary/aromatic N) is 1. The van der Waals surface area contributed by atoms with Crippen molar-refractivity contribution in [1.29, 1.82) is 5.26 Å². The van der Waals surface area contributed by atoms with Gasteiger partial charge in [0, 0.05) is 5.69 Å². The second-order valence-corrected chi connectivity index (χ2v) is 6.36. The highest BCUT2D eigenvalue weighted by atomic mass is 32.2. The topological polar surface area (TPSA) is 70.0 Å². The van der Waals surface area contributed by atoms with Crippen LogP contribution in [0.2, 0.25) is 0 Å². The number of benzene rings is 2. The molecule has 0 radical (unpaired) electrons. The Morgan fingerprint density at radius 1 is 1.00 bits per heavy atom. The molecule has 4 nitrogen and oxygen atoms in total. The summed E-state index contributed by atoms with van der Waals surface area (Å²) in [6.07, 6.45) is 0. The predicted octanol–water partition coefficient (Wildman–Crippen LogP) is 3.01. The average Bonchev–Trinajstić information content (AvgIpc) is 2.47. The SMILES string of the molecule is CC(C#N)S(=O)(=O)Nc1ccc(-c2ccccc2)cc1. The van der Waals surface area contributed by atoms with Crippen LogP contribution in [0.5, 0.6) is 0 Å². The molecule has 0 aliphatic heterocycles. The molecule has 5 heteroatoms. The lowest BCUT2D eigenvalue weighted by molar-refractivity contribution is 0.597. The maximum absolute atomic E-state index is 11.8. The van der Waals surface area contributed by atoms with Gasteiger partial charge in [-0.15, -0.1) is 0 Å². The Hall–Kier alpha value is -2.32. The molecule has 0 aromatic heterocycles. The number of rotatable bonds is 4. The normalized spacial score (nSPS) is 12.4. The number of nitrogens with one attached hydrogen (secondary N) is 1. The molecule has 20 heavy (non-hydrogen) atoms. The standard InChI is InChI=1S/C15H14N2O2S/c1-12(11-16)20(18,19)17-15-9-7-14(8-10-15)13-5-3-2-4-6-13/h2-10,12,17H,1H3. The van der Waals surface area contributed by atoms with Crippen molar-refractivity contribution in [2.75, 3.05) is 4.72 Å². The van der Waals surface area contributed by atoms with Crippen LogP contribution in [0.15, 0.2) is 54.6 Å². The smallest absolute Gasteiger partial charge is 0.248 e. The molecule has 0 saturated heterocycles. The van der Waals surface area contributed by atoms with Gasteiger partial charge < -0.3 is 0 Å². The molecule has 2 aromatic carbocycles. The summed E-state index contributed by atoms with van der Waals surface area (Å²) < 4.78 is 25.9. The van der Waals surface area contributed by atoms with Gasteiger partial charge in [-0.25, -0.2) is 8.42 Å². The molecule has 0 aliphatic carbocycles. The van der Waals surface area contributed by atoms with Crippen molar-refractivity contribution in [3.8, 4) is 17.2 Å². The Labute approximate surface area is 118 Å². The summed E-state index contributed by atoms with van der Waals surface area (Å²) in [7, 11) is -3.65. The van der Waals surface area contributed by atoms with Crippen molar-refractivity contribution in [2.45, 2.75) is 12.2 Å². The van der Waals surface area contributed by atoms with Gasteiger partial charge in [-0.2, -0.15) is 5.26 Å². The quantitative estimate of drug-likeness (QED) is 0.939. The van der Waals surface area contributed by atoms with E-state index in [1.165, 1.54) is 6.92 Å². The first kappa shape index (κ1) is 14.1. The van der Waals surface area contributed by atoms with Crippen LogP contribution in [0.4, 0.5) is 5.69 Å². The van der Waals surface area contributed by atoms with E-state index < -0.39 is 15.3 Å². The van der Waals surface area contributed by atoms with E-state index in [0.717, 1.165) is 11.1 Å². The zero-order valence-corrected chi connectivity index (χ0v) is 11.8. The third-order valence-electron chi connectivity index (χ3n) is 2.90. The number of hydrogen-bond acceptors (Lipinski definition) is 3. The fourth-order valence-corrected chi connectivity index (χ4v) is 2.46. The van der Waals surface area contributed by atoms with E-state index in [1.807, 2.05) is 42.5 Å². The van der Waals surface area contributed by atoms with Crippen molar-refractivity contribution in [2.24, 2.45) is 0 Å². The molecule has 0 amide bonds. The van der Waals surface area contributed by atoms with Gasteiger partial charge in [-0.05, 0) is 30.2 Å². The molecular formula is C15H14N2O2S. The van der Waals surface area contributed by atoms with Crippen molar-refractivity contribution in [3.63, 3.8) is 0 Å². The van der Waals surface area contributed by atoms with Gasteiger partial charge in [-0.3, -0.25) is 4.72 Å². The highest BCUT2D eigenvalue weighted by Crippen LogP contribution is 2.21. The molecular weight excluding hydrogens is 272 g/mol. The molecule has 0 spiro atoms. The molecule has 2 aromatic rings. The van der Waals surface area contributed by atoms with Gasteiger partial charge in [0.15, 0.2) is 5.25 Å². The van der Waals surface area contributed by atoms with E-state index in [2.05, 4.69) is 4.72 Å². The molecule has 102 valence electrons. The molecule has 0 bridgehead atoms. The van der Waals surface area contributed by atoms with E-state index >= 15 is 0 Å². The minimum absolute atomic E-state index is 0.451. The molecule has 1 N–H and O–H groups in total. The Morgan fingerprint density at radius 3 is 2.10 bits per heavy atom. The summed E-state index contributed by atoms with van der Waals surface area (Å²) in [5, 5.41) is 7.59. The largest absolute Gasteiger partial charge is 0.282 e. The van der Waals surface area contributed by atoms with Crippen LogP contribution in [0, 0.1) is 11.3 Å². The predicted molar refractivity (Wildman–Crippen MR) is 79.5 cm³/mol. The third kappa shape index (κ3) is 3.16. The van der Waals surface area contributed by atoms with Crippen LogP contribution in [0.3, 0.4) is 0 Å². The van der Waals surface area contributed by atoms with Gasteiger partial charge in [0.25, 0.3) is 0 Å². The summed E-state index contributed by atoms with van der Waals surface area (Å²) in [5.74, 6) is 0. The maximum Gasteiger partial charge on any atom is 0.248 e. The fraction of sp³-hybridized carbons (Fsp3) is 0.133. The molecule has 0 saturated carbocycles. The molecule has 0 fully saturated rings. The Bertz CT molecular complexity index is 717. The average molecular weight is 286 g/mol. The highest BCUT2D eigenvalue weighted by Gasteiger charge is 2.19. The van der Waals surface area contributed by atoms with Crippen LogP contribution in [-0.2, 0) is 10.0 Å². The van der Waals surface area contributed by atoms with Gasteiger partial charge in [0.05, 0.1) is 6.07 Å². The van der Waals surface area contributed by atoms with Crippen LogP contribution in [0.1, 0.15) is 6.92 Å². The van der Waals surface area contributed by atoms with Crippen molar-refractivity contribution in [1.82, 2.24) is 0 Å². The fourth-order valence-electron chi connectivity index (χ4n) is 1.68. The van der Waals surface area contributed by atoms with E-state index in [0.29, 0.717) is 5.69 Å².